The largest absolute Gasteiger partial charge is 0.492 e. The fourth-order valence-corrected chi connectivity index (χ4v) is 2.79. The van der Waals surface area contributed by atoms with Gasteiger partial charge in [-0.05, 0) is 49.7 Å². The van der Waals surface area contributed by atoms with Gasteiger partial charge in [0.15, 0.2) is 0 Å². The lowest BCUT2D eigenvalue weighted by molar-refractivity contribution is -0.137. The predicted molar refractivity (Wildman–Crippen MR) is 87.3 cm³/mol. The van der Waals surface area contributed by atoms with Gasteiger partial charge < -0.3 is 15.0 Å². The van der Waals surface area contributed by atoms with E-state index in [9.17, 15) is 13.2 Å². The van der Waals surface area contributed by atoms with Gasteiger partial charge in [-0.2, -0.15) is 13.2 Å². The average Bonchev–Trinajstić information content (AvgIpc) is 2.84. The molecule has 3 nitrogen and oxygen atoms in total. The molecular formula is C16H24ClF3N2O. The number of nitrogens with one attached hydrogen (secondary N) is 1. The molecule has 23 heavy (non-hydrogen) atoms. The summed E-state index contributed by atoms with van der Waals surface area (Å²) in [6.45, 7) is 6.54. The van der Waals surface area contributed by atoms with Gasteiger partial charge in [0.1, 0.15) is 12.4 Å². The number of likely N-dealkylation sites (N-methyl/N-ethyl adjacent to an activating group) is 1. The van der Waals surface area contributed by atoms with E-state index in [1.807, 2.05) is 7.05 Å². The van der Waals surface area contributed by atoms with Crippen LogP contribution in [0.5, 0.6) is 5.75 Å². The van der Waals surface area contributed by atoms with E-state index in [-0.39, 0.29) is 12.4 Å². The zero-order valence-corrected chi connectivity index (χ0v) is 14.3. The second-order valence-electron chi connectivity index (χ2n) is 6.35. The van der Waals surface area contributed by atoms with Crippen molar-refractivity contribution in [2.24, 2.45) is 5.41 Å². The van der Waals surface area contributed by atoms with Crippen LogP contribution in [-0.2, 0) is 6.18 Å². The number of ether oxygens (including phenoxy) is 1. The SMILES string of the molecule is CN(CCOc1ccc(C(F)(F)F)cc1)CC1(C)CCNC1.Cl. The third-order valence-corrected chi connectivity index (χ3v) is 4.03. The molecule has 2 rings (SSSR count). The average molecular weight is 353 g/mol. The van der Waals surface area contributed by atoms with E-state index >= 15 is 0 Å². The van der Waals surface area contributed by atoms with Crippen molar-refractivity contribution in [3.63, 3.8) is 0 Å². The van der Waals surface area contributed by atoms with Crippen LogP contribution in [0.1, 0.15) is 18.9 Å². The molecule has 0 spiro atoms. The fourth-order valence-electron chi connectivity index (χ4n) is 2.79. The third kappa shape index (κ3) is 6.20. The van der Waals surface area contributed by atoms with E-state index in [0.29, 0.717) is 17.8 Å². The first-order valence-corrected chi connectivity index (χ1v) is 7.48. The lowest BCUT2D eigenvalue weighted by Crippen LogP contribution is -2.37. The monoisotopic (exact) mass is 352 g/mol. The van der Waals surface area contributed by atoms with Crippen LogP contribution in [0.3, 0.4) is 0 Å². The molecular weight excluding hydrogens is 329 g/mol. The van der Waals surface area contributed by atoms with E-state index in [2.05, 4.69) is 17.1 Å². The van der Waals surface area contributed by atoms with E-state index in [1.165, 1.54) is 12.1 Å². The molecule has 1 heterocycles. The molecule has 0 bridgehead atoms. The van der Waals surface area contributed by atoms with Crippen molar-refractivity contribution in [1.29, 1.82) is 0 Å². The molecule has 0 aliphatic carbocycles. The number of nitrogens with zero attached hydrogens (tertiary/aromatic N) is 1. The summed E-state index contributed by atoms with van der Waals surface area (Å²) in [6.07, 6.45) is -3.14. The molecule has 1 saturated heterocycles. The first kappa shape index (κ1) is 20.1. The summed E-state index contributed by atoms with van der Waals surface area (Å²) in [6, 6.07) is 4.82. The Morgan fingerprint density at radius 1 is 1.26 bits per heavy atom. The maximum atomic E-state index is 12.5. The Labute approximate surface area is 141 Å². The first-order valence-electron chi connectivity index (χ1n) is 7.48. The number of hydrogen-bond donors (Lipinski definition) is 1. The summed E-state index contributed by atoms with van der Waals surface area (Å²) in [5, 5.41) is 3.37. The van der Waals surface area contributed by atoms with Gasteiger partial charge in [0.2, 0.25) is 0 Å². The Hall–Kier alpha value is -0.980. The Morgan fingerprint density at radius 2 is 1.91 bits per heavy atom. The number of rotatable bonds is 6. The minimum atomic E-state index is -4.30. The fraction of sp³-hybridized carbons (Fsp3) is 0.625. The lowest BCUT2D eigenvalue weighted by atomic mass is 9.89. The summed E-state index contributed by atoms with van der Waals surface area (Å²) in [4.78, 5) is 2.21. The zero-order chi connectivity index (χ0) is 16.2. The van der Waals surface area contributed by atoms with Gasteiger partial charge in [-0.15, -0.1) is 12.4 Å². The van der Waals surface area contributed by atoms with Crippen molar-refractivity contribution >= 4 is 12.4 Å². The van der Waals surface area contributed by atoms with Crippen molar-refractivity contribution in [1.82, 2.24) is 10.2 Å². The molecule has 1 aliphatic heterocycles. The van der Waals surface area contributed by atoms with Crippen LogP contribution in [0, 0.1) is 5.41 Å². The molecule has 1 aliphatic rings. The molecule has 132 valence electrons. The van der Waals surface area contributed by atoms with Crippen LogP contribution < -0.4 is 10.1 Å². The number of alkyl halides is 3. The highest BCUT2D eigenvalue weighted by Crippen LogP contribution is 2.30. The van der Waals surface area contributed by atoms with Crippen LogP contribution in [0.25, 0.3) is 0 Å². The zero-order valence-electron chi connectivity index (χ0n) is 13.4. The van der Waals surface area contributed by atoms with E-state index in [0.717, 1.165) is 44.7 Å². The standard InChI is InChI=1S/C16H23F3N2O.ClH/c1-15(7-8-20-11-15)12-21(2)9-10-22-14-5-3-13(4-6-14)16(17,18)19;/h3-6,20H,7-12H2,1-2H3;1H. The van der Waals surface area contributed by atoms with Crippen molar-refractivity contribution in [2.45, 2.75) is 19.5 Å². The quantitative estimate of drug-likeness (QED) is 0.848. The second kappa shape index (κ2) is 8.22. The Kier molecular flexibility index (Phi) is 7.17. The van der Waals surface area contributed by atoms with Gasteiger partial charge in [-0.25, -0.2) is 0 Å². The van der Waals surface area contributed by atoms with Crippen LogP contribution in [-0.4, -0.2) is 44.7 Å². The molecule has 1 aromatic rings. The van der Waals surface area contributed by atoms with Crippen LogP contribution in [0.4, 0.5) is 13.2 Å². The first-order chi connectivity index (χ1) is 10.3. The molecule has 1 atom stereocenters. The molecule has 1 fully saturated rings. The molecule has 1 N–H and O–H groups in total. The van der Waals surface area contributed by atoms with Crippen molar-refractivity contribution in [3.05, 3.63) is 29.8 Å². The molecule has 0 saturated carbocycles. The second-order valence-corrected chi connectivity index (χ2v) is 6.35. The van der Waals surface area contributed by atoms with Crippen LogP contribution in [0.2, 0.25) is 0 Å². The summed E-state index contributed by atoms with van der Waals surface area (Å²) < 4.78 is 42.9. The maximum Gasteiger partial charge on any atom is 0.416 e. The van der Waals surface area contributed by atoms with Crippen molar-refractivity contribution in [2.75, 3.05) is 39.8 Å². The maximum absolute atomic E-state index is 12.5. The summed E-state index contributed by atoms with van der Waals surface area (Å²) in [7, 11) is 2.04. The Morgan fingerprint density at radius 3 is 2.43 bits per heavy atom. The minimum absolute atomic E-state index is 0. The Balaban J connectivity index is 0.00000264. The van der Waals surface area contributed by atoms with Gasteiger partial charge in [-0.3, -0.25) is 0 Å². The molecule has 0 amide bonds. The van der Waals surface area contributed by atoms with Gasteiger partial charge in [0.05, 0.1) is 5.56 Å². The van der Waals surface area contributed by atoms with E-state index in [1.54, 1.807) is 0 Å². The number of benzene rings is 1. The third-order valence-electron chi connectivity index (χ3n) is 4.03. The smallest absolute Gasteiger partial charge is 0.416 e. The molecule has 0 radical (unpaired) electrons. The predicted octanol–water partition coefficient (Wildman–Crippen LogP) is 3.44. The topological polar surface area (TPSA) is 24.5 Å². The molecule has 0 aromatic heterocycles. The Bertz CT molecular complexity index is 473. The summed E-state index contributed by atoms with van der Waals surface area (Å²) in [5.41, 5.74) is -0.359. The number of halogens is 4. The highest BCUT2D eigenvalue weighted by atomic mass is 35.5. The molecule has 1 unspecified atom stereocenters. The van der Waals surface area contributed by atoms with Gasteiger partial charge in [0, 0.05) is 19.6 Å². The van der Waals surface area contributed by atoms with Gasteiger partial charge in [-0.1, -0.05) is 6.92 Å². The van der Waals surface area contributed by atoms with Gasteiger partial charge in [0.25, 0.3) is 0 Å². The van der Waals surface area contributed by atoms with Crippen molar-refractivity contribution < 1.29 is 17.9 Å². The molecule has 1 aromatic carbocycles. The minimum Gasteiger partial charge on any atom is -0.492 e. The van der Waals surface area contributed by atoms with Crippen LogP contribution in [0.15, 0.2) is 24.3 Å². The summed E-state index contributed by atoms with van der Waals surface area (Å²) >= 11 is 0. The highest BCUT2D eigenvalue weighted by Gasteiger charge is 2.30. The van der Waals surface area contributed by atoms with E-state index < -0.39 is 11.7 Å². The number of hydrogen-bond acceptors (Lipinski definition) is 3. The summed E-state index contributed by atoms with van der Waals surface area (Å²) in [5.74, 6) is 0.468. The lowest BCUT2D eigenvalue weighted by Gasteiger charge is -2.29. The van der Waals surface area contributed by atoms with Gasteiger partial charge >= 0.3 is 6.18 Å². The van der Waals surface area contributed by atoms with E-state index in [4.69, 9.17) is 4.74 Å². The van der Waals surface area contributed by atoms with Crippen LogP contribution >= 0.6 is 12.4 Å². The normalized spacial score (nSPS) is 21.3. The highest BCUT2D eigenvalue weighted by molar-refractivity contribution is 5.85. The van der Waals surface area contributed by atoms with Crippen molar-refractivity contribution in [3.8, 4) is 5.75 Å². The molecule has 7 heteroatoms.